The predicted octanol–water partition coefficient (Wildman–Crippen LogP) is 3.58. The van der Waals surface area contributed by atoms with Crippen molar-refractivity contribution in [2.45, 2.75) is 30.4 Å². The molecule has 142 valence electrons. The summed E-state index contributed by atoms with van der Waals surface area (Å²) in [6.07, 6.45) is -31.2. The van der Waals surface area contributed by atoms with Gasteiger partial charge in [0.25, 0.3) is 5.78 Å². The third kappa shape index (κ3) is 2.74. The third-order valence-electron chi connectivity index (χ3n) is 2.66. The van der Waals surface area contributed by atoms with E-state index in [-0.39, 0.29) is 0 Å². The number of carboxylic acid groups (broad SMARTS) is 1. The van der Waals surface area contributed by atoms with Gasteiger partial charge in [-0.05, 0) is 0 Å². The summed E-state index contributed by atoms with van der Waals surface area (Å²) in [5.41, 5.74) is -15.7. The van der Waals surface area contributed by atoms with E-state index >= 15 is 0 Å². The zero-order valence-electron chi connectivity index (χ0n) is 10.2. The molecule has 0 aromatic heterocycles. The summed E-state index contributed by atoms with van der Waals surface area (Å²) in [6.45, 7) is 0. The first-order valence-corrected chi connectivity index (χ1v) is 4.84. The topological polar surface area (TPSA) is 54.4 Å². The fourth-order valence-corrected chi connectivity index (χ4v) is 1.69. The Balaban J connectivity index is 7.42. The van der Waals surface area contributed by atoms with Gasteiger partial charge in [0.05, 0.1) is 0 Å². The summed E-state index contributed by atoms with van der Waals surface area (Å²) in [6, 6.07) is 0. The second-order valence-corrected chi connectivity index (χ2v) is 4.03. The molecule has 0 spiro atoms. The summed E-state index contributed by atoms with van der Waals surface area (Å²) in [4.78, 5) is 20.8. The molecule has 0 amide bonds. The Morgan fingerprint density at radius 2 is 0.833 bits per heavy atom. The lowest BCUT2D eigenvalue weighted by atomic mass is 9.68. The number of halogens is 13. The van der Waals surface area contributed by atoms with Gasteiger partial charge in [0.2, 0.25) is 0 Å². The molecule has 3 nitrogen and oxygen atoms in total. The molecule has 1 atom stereocenters. The number of carbonyl (C=O) groups excluding carboxylic acids is 1. The molecule has 0 aromatic carbocycles. The van der Waals surface area contributed by atoms with Gasteiger partial charge in [-0.2, -0.15) is 52.7 Å². The number of rotatable bonds is 3. The lowest BCUT2D eigenvalue weighted by molar-refractivity contribution is -0.449. The van der Waals surface area contributed by atoms with Gasteiger partial charge in [0.1, 0.15) is 0 Å². The van der Waals surface area contributed by atoms with Crippen LogP contribution in [0.3, 0.4) is 0 Å². The molecular formula is C8HF13O3. The van der Waals surface area contributed by atoms with Crippen LogP contribution in [-0.2, 0) is 9.59 Å². The quantitative estimate of drug-likeness (QED) is 0.590. The fraction of sp³-hybridized carbons (Fsp3) is 0.750. The van der Waals surface area contributed by atoms with Crippen molar-refractivity contribution in [3.8, 4) is 0 Å². The second kappa shape index (κ2) is 5.37. The monoisotopic (exact) mass is 392 g/mol. The molecule has 0 aromatic rings. The van der Waals surface area contributed by atoms with Crippen LogP contribution in [0, 0.1) is 5.41 Å². The second-order valence-electron chi connectivity index (χ2n) is 4.03. The molecule has 0 bridgehead atoms. The van der Waals surface area contributed by atoms with Gasteiger partial charge >= 0.3 is 41.8 Å². The normalized spacial score (nSPS) is 17.4. The molecule has 0 aliphatic heterocycles. The Hall–Kier alpha value is -1.77. The first-order chi connectivity index (χ1) is 10.1. The summed E-state index contributed by atoms with van der Waals surface area (Å²) in [5.74, 6) is -9.61. The van der Waals surface area contributed by atoms with Crippen molar-refractivity contribution in [2.24, 2.45) is 5.41 Å². The number of carboxylic acids is 1. The van der Waals surface area contributed by atoms with Crippen molar-refractivity contribution < 1.29 is 71.8 Å². The highest BCUT2D eigenvalue weighted by Gasteiger charge is 2.97. The van der Waals surface area contributed by atoms with Gasteiger partial charge in [-0.15, -0.1) is 0 Å². The van der Waals surface area contributed by atoms with Crippen LogP contribution in [0.25, 0.3) is 0 Å². The van der Waals surface area contributed by atoms with Gasteiger partial charge < -0.3 is 5.11 Å². The molecule has 0 rings (SSSR count). The fourth-order valence-electron chi connectivity index (χ4n) is 1.69. The minimum Gasteiger partial charge on any atom is -0.478 e. The number of hydrogen-bond acceptors (Lipinski definition) is 2. The van der Waals surface area contributed by atoms with Gasteiger partial charge in [-0.3, -0.25) is 4.79 Å². The van der Waals surface area contributed by atoms with Crippen molar-refractivity contribution in [2.75, 3.05) is 0 Å². The van der Waals surface area contributed by atoms with Crippen LogP contribution in [0.4, 0.5) is 57.1 Å². The molecule has 16 heteroatoms. The summed E-state index contributed by atoms with van der Waals surface area (Å²) in [5, 5.41) is 8.00. The number of aliphatic carboxylic acids is 1. The summed E-state index contributed by atoms with van der Waals surface area (Å²) < 4.78 is 162. The van der Waals surface area contributed by atoms with Gasteiger partial charge in [-0.25, -0.2) is 9.18 Å². The van der Waals surface area contributed by atoms with Crippen LogP contribution in [0.1, 0.15) is 0 Å². The molecule has 0 aliphatic carbocycles. The lowest BCUT2D eigenvalue weighted by Gasteiger charge is -2.44. The van der Waals surface area contributed by atoms with E-state index < -0.39 is 47.5 Å². The number of Topliss-reactive ketones (excluding diaryl/α,β-unsaturated/α-hetero) is 1. The minimum absolute atomic E-state index is 4.57. The van der Waals surface area contributed by atoms with E-state index in [2.05, 4.69) is 0 Å². The Labute approximate surface area is 121 Å². The maximum absolute atomic E-state index is 13.8. The summed E-state index contributed by atoms with van der Waals surface area (Å²) >= 11 is 0. The van der Waals surface area contributed by atoms with E-state index in [0.29, 0.717) is 0 Å². The number of carbonyl (C=O) groups is 2. The molecule has 0 heterocycles. The van der Waals surface area contributed by atoms with Crippen LogP contribution < -0.4 is 0 Å². The van der Waals surface area contributed by atoms with Crippen molar-refractivity contribution in [1.29, 1.82) is 0 Å². The molecule has 0 saturated carbocycles. The van der Waals surface area contributed by atoms with E-state index in [4.69, 9.17) is 5.11 Å². The molecular weight excluding hydrogens is 391 g/mol. The standard InChI is InChI=1S/C8HF13O3/c9-3(2(23)24,1(22)4(10,11)12)5(6(13,14)15,7(16,17)18)8(19,20)21/h(H,23,24). The SMILES string of the molecule is O=C(O)C(F)(C(=O)C(F)(F)F)C(C(F)(F)F)(C(F)(F)F)C(F)(F)F. The highest BCUT2D eigenvalue weighted by Crippen LogP contribution is 2.66. The first kappa shape index (κ1) is 22.2. The van der Waals surface area contributed by atoms with E-state index in [1.807, 2.05) is 0 Å². The highest BCUT2D eigenvalue weighted by molar-refractivity contribution is 6.10. The van der Waals surface area contributed by atoms with Crippen molar-refractivity contribution >= 4 is 11.8 Å². The number of ketones is 1. The van der Waals surface area contributed by atoms with Crippen LogP contribution in [0.5, 0.6) is 0 Å². The van der Waals surface area contributed by atoms with E-state index in [1.54, 1.807) is 0 Å². The Bertz CT molecular complexity index is 485. The predicted molar refractivity (Wildman–Crippen MR) is 43.1 cm³/mol. The van der Waals surface area contributed by atoms with Crippen LogP contribution in [0.15, 0.2) is 0 Å². The number of alkyl halides is 13. The zero-order valence-corrected chi connectivity index (χ0v) is 10.2. The van der Waals surface area contributed by atoms with E-state index in [0.717, 1.165) is 0 Å². The third-order valence-corrected chi connectivity index (χ3v) is 2.66. The lowest BCUT2D eigenvalue weighted by Crippen LogP contribution is -2.76. The Kier molecular flexibility index (Phi) is 4.97. The largest absolute Gasteiger partial charge is 0.478 e. The minimum atomic E-state index is -8.17. The van der Waals surface area contributed by atoms with Gasteiger partial charge in [0.15, 0.2) is 0 Å². The van der Waals surface area contributed by atoms with E-state index in [1.165, 1.54) is 0 Å². The molecule has 0 fully saturated rings. The zero-order chi connectivity index (χ0) is 20.2. The van der Waals surface area contributed by atoms with Crippen LogP contribution in [-0.4, -0.2) is 47.2 Å². The van der Waals surface area contributed by atoms with Crippen molar-refractivity contribution in [1.82, 2.24) is 0 Å². The molecule has 1 unspecified atom stereocenters. The van der Waals surface area contributed by atoms with E-state index in [9.17, 15) is 66.7 Å². The Morgan fingerprint density at radius 3 is 0.958 bits per heavy atom. The average Bonchev–Trinajstić information content (AvgIpc) is 2.19. The van der Waals surface area contributed by atoms with Crippen molar-refractivity contribution in [3.63, 3.8) is 0 Å². The molecule has 0 aliphatic rings. The molecule has 0 saturated heterocycles. The van der Waals surface area contributed by atoms with Crippen LogP contribution >= 0.6 is 0 Å². The smallest absolute Gasteiger partial charge is 0.454 e. The maximum atomic E-state index is 13.8. The highest BCUT2D eigenvalue weighted by atomic mass is 19.4. The summed E-state index contributed by atoms with van der Waals surface area (Å²) in [7, 11) is 0. The average molecular weight is 392 g/mol. The molecule has 1 N–H and O–H groups in total. The molecule has 24 heavy (non-hydrogen) atoms. The van der Waals surface area contributed by atoms with Crippen molar-refractivity contribution in [3.05, 3.63) is 0 Å². The Morgan fingerprint density at radius 1 is 0.583 bits per heavy atom. The van der Waals surface area contributed by atoms with Gasteiger partial charge in [0, 0.05) is 0 Å². The van der Waals surface area contributed by atoms with Gasteiger partial charge in [-0.1, -0.05) is 0 Å². The molecule has 0 radical (unpaired) electrons. The maximum Gasteiger partial charge on any atom is 0.454 e. The first-order valence-electron chi connectivity index (χ1n) is 4.84. The van der Waals surface area contributed by atoms with Crippen LogP contribution in [0.2, 0.25) is 0 Å². The number of hydrogen-bond donors (Lipinski definition) is 1.